The summed E-state index contributed by atoms with van der Waals surface area (Å²) in [6.45, 7) is -0.469. The van der Waals surface area contributed by atoms with Crippen molar-refractivity contribution in [3.05, 3.63) is 75.8 Å². The molecule has 0 amide bonds. The van der Waals surface area contributed by atoms with Crippen LogP contribution in [0.4, 0.5) is 0 Å². The second-order valence-corrected chi connectivity index (χ2v) is 6.16. The molecule has 0 bridgehead atoms. The highest BCUT2D eigenvalue weighted by Crippen LogP contribution is 2.26. The van der Waals surface area contributed by atoms with E-state index in [2.05, 4.69) is 0 Å². The average molecular weight is 375 g/mol. The van der Waals surface area contributed by atoms with E-state index in [0.717, 1.165) is 10.8 Å². The topological polar surface area (TPSA) is 63.6 Å². The van der Waals surface area contributed by atoms with Gasteiger partial charge in [0, 0.05) is 5.56 Å². The maximum absolute atomic E-state index is 12.2. The normalized spacial score (nSPS) is 10.6. The Balaban J connectivity index is 1.75. The smallest absolute Gasteiger partial charge is 0.342 e. The van der Waals surface area contributed by atoms with Crippen molar-refractivity contribution in [2.45, 2.75) is 0 Å². The summed E-state index contributed by atoms with van der Waals surface area (Å²) < 4.78 is 5.02. The zero-order valence-corrected chi connectivity index (χ0v) is 14.3. The van der Waals surface area contributed by atoms with Gasteiger partial charge in [-0.2, -0.15) is 0 Å². The van der Waals surface area contributed by atoms with Crippen LogP contribution < -0.4 is 0 Å². The molecular formula is C19H12Cl2O4. The van der Waals surface area contributed by atoms with E-state index >= 15 is 0 Å². The molecule has 3 aromatic rings. The van der Waals surface area contributed by atoms with Crippen molar-refractivity contribution in [3.63, 3.8) is 0 Å². The lowest BCUT2D eigenvalue weighted by atomic mass is 10.1. The number of benzene rings is 3. The summed E-state index contributed by atoms with van der Waals surface area (Å²) in [5, 5.41) is 12.2. The summed E-state index contributed by atoms with van der Waals surface area (Å²) in [7, 11) is 0. The maximum Gasteiger partial charge on any atom is 0.342 e. The average Bonchev–Trinajstić information content (AvgIpc) is 2.61. The molecule has 1 N–H and O–H groups in total. The molecule has 3 rings (SSSR count). The minimum Gasteiger partial charge on any atom is -0.507 e. The number of halogens is 2. The van der Waals surface area contributed by atoms with Gasteiger partial charge >= 0.3 is 5.97 Å². The first-order chi connectivity index (χ1) is 12.0. The molecule has 0 spiro atoms. The number of ether oxygens (including phenoxy) is 1. The van der Waals surface area contributed by atoms with E-state index in [1.54, 1.807) is 0 Å². The number of hydrogen-bond acceptors (Lipinski definition) is 4. The molecule has 0 atom stereocenters. The van der Waals surface area contributed by atoms with E-state index in [4.69, 9.17) is 27.9 Å². The van der Waals surface area contributed by atoms with Gasteiger partial charge in [-0.05, 0) is 41.1 Å². The Hall–Kier alpha value is -2.56. The molecule has 0 fully saturated rings. The third-order valence-corrected chi connectivity index (χ3v) is 4.40. The third-order valence-electron chi connectivity index (χ3n) is 3.66. The van der Waals surface area contributed by atoms with Crippen molar-refractivity contribution in [1.82, 2.24) is 0 Å². The predicted molar refractivity (Wildman–Crippen MR) is 96.7 cm³/mol. The molecule has 6 heteroatoms. The van der Waals surface area contributed by atoms with Gasteiger partial charge in [-0.25, -0.2) is 4.79 Å². The van der Waals surface area contributed by atoms with Gasteiger partial charge in [0.25, 0.3) is 0 Å². The number of fused-ring (bicyclic) bond motifs is 1. The molecule has 0 heterocycles. The van der Waals surface area contributed by atoms with Gasteiger partial charge in [0.05, 0.1) is 10.0 Å². The van der Waals surface area contributed by atoms with Crippen LogP contribution in [-0.4, -0.2) is 23.5 Å². The van der Waals surface area contributed by atoms with Crippen LogP contribution in [0.15, 0.2) is 54.6 Å². The molecule has 0 aliphatic heterocycles. The Morgan fingerprint density at radius 1 is 0.920 bits per heavy atom. The van der Waals surface area contributed by atoms with Gasteiger partial charge in [-0.3, -0.25) is 4.79 Å². The van der Waals surface area contributed by atoms with Crippen LogP contribution in [0.1, 0.15) is 20.7 Å². The molecule has 0 aliphatic carbocycles. The van der Waals surface area contributed by atoms with Gasteiger partial charge < -0.3 is 9.84 Å². The number of aromatic hydroxyl groups is 1. The van der Waals surface area contributed by atoms with Gasteiger partial charge in [-0.15, -0.1) is 0 Å². The van der Waals surface area contributed by atoms with Crippen molar-refractivity contribution in [1.29, 1.82) is 0 Å². The van der Waals surface area contributed by atoms with Crippen molar-refractivity contribution in [2.75, 3.05) is 6.61 Å². The molecular weight excluding hydrogens is 363 g/mol. The van der Waals surface area contributed by atoms with E-state index in [1.807, 2.05) is 24.3 Å². The molecule has 4 nitrogen and oxygen atoms in total. The van der Waals surface area contributed by atoms with E-state index in [9.17, 15) is 14.7 Å². The van der Waals surface area contributed by atoms with Gasteiger partial charge in [0.2, 0.25) is 0 Å². The Labute approximate surface area is 153 Å². The summed E-state index contributed by atoms with van der Waals surface area (Å²) in [6, 6.07) is 14.7. The largest absolute Gasteiger partial charge is 0.507 e. The Morgan fingerprint density at radius 2 is 1.60 bits per heavy atom. The number of esters is 1. The van der Waals surface area contributed by atoms with Crippen molar-refractivity contribution in [2.24, 2.45) is 0 Å². The zero-order chi connectivity index (χ0) is 18.0. The number of carbonyl (C=O) groups excluding carboxylic acids is 2. The first-order valence-electron chi connectivity index (χ1n) is 7.33. The van der Waals surface area contributed by atoms with Gasteiger partial charge in [0.1, 0.15) is 11.3 Å². The summed E-state index contributed by atoms with van der Waals surface area (Å²) in [6.07, 6.45) is 0. The molecule has 3 aromatic carbocycles. The standard InChI is InChI=1S/C19H12Cl2O4/c20-15-6-5-13(8-16(15)21)18(23)10-25-19(24)14-7-11-3-1-2-4-12(11)9-17(14)22/h1-9,22H,10H2. The monoisotopic (exact) mass is 374 g/mol. The lowest BCUT2D eigenvalue weighted by Crippen LogP contribution is -2.14. The summed E-state index contributed by atoms with van der Waals surface area (Å²) in [5.74, 6) is -1.41. The van der Waals surface area contributed by atoms with E-state index < -0.39 is 18.4 Å². The molecule has 126 valence electrons. The van der Waals surface area contributed by atoms with E-state index in [0.29, 0.717) is 5.02 Å². The minimum absolute atomic E-state index is 0.000591. The van der Waals surface area contributed by atoms with Crippen molar-refractivity contribution >= 4 is 45.7 Å². The number of ketones is 1. The number of phenolic OH excluding ortho intramolecular Hbond substituents is 1. The highest BCUT2D eigenvalue weighted by molar-refractivity contribution is 6.42. The molecule has 0 unspecified atom stereocenters. The van der Waals surface area contributed by atoms with Crippen LogP contribution in [0.2, 0.25) is 10.0 Å². The number of rotatable bonds is 4. The zero-order valence-electron chi connectivity index (χ0n) is 12.8. The molecule has 0 saturated carbocycles. The highest BCUT2D eigenvalue weighted by Gasteiger charge is 2.16. The SMILES string of the molecule is O=C(COC(=O)c1cc2ccccc2cc1O)c1ccc(Cl)c(Cl)c1. The highest BCUT2D eigenvalue weighted by atomic mass is 35.5. The Kier molecular flexibility index (Phi) is 4.93. The summed E-state index contributed by atoms with van der Waals surface area (Å²) in [5.41, 5.74) is 0.283. The Bertz CT molecular complexity index is 982. The van der Waals surface area contributed by atoms with Crippen LogP contribution in [0.5, 0.6) is 5.75 Å². The number of carbonyl (C=O) groups is 2. The van der Waals surface area contributed by atoms with Crippen LogP contribution in [-0.2, 0) is 4.74 Å². The van der Waals surface area contributed by atoms with Crippen LogP contribution in [0, 0.1) is 0 Å². The Morgan fingerprint density at radius 3 is 2.28 bits per heavy atom. The number of phenols is 1. The molecule has 0 radical (unpaired) electrons. The molecule has 0 saturated heterocycles. The first kappa shape index (κ1) is 17.3. The summed E-state index contributed by atoms with van der Waals surface area (Å²) in [4.78, 5) is 24.3. The first-order valence-corrected chi connectivity index (χ1v) is 8.08. The van der Waals surface area contributed by atoms with Gasteiger partial charge in [0.15, 0.2) is 12.4 Å². The second-order valence-electron chi connectivity index (χ2n) is 5.34. The maximum atomic E-state index is 12.2. The van der Waals surface area contributed by atoms with Gasteiger partial charge in [-0.1, -0.05) is 47.5 Å². The molecule has 0 aromatic heterocycles. The van der Waals surface area contributed by atoms with Crippen molar-refractivity contribution < 1.29 is 19.4 Å². The lowest BCUT2D eigenvalue weighted by molar-refractivity contribution is 0.0472. The van der Waals surface area contributed by atoms with Crippen molar-refractivity contribution in [3.8, 4) is 5.75 Å². The molecule has 0 aliphatic rings. The van der Waals surface area contributed by atoms with E-state index in [-0.39, 0.29) is 21.9 Å². The van der Waals surface area contributed by atoms with Crippen LogP contribution in [0.25, 0.3) is 10.8 Å². The fourth-order valence-corrected chi connectivity index (χ4v) is 2.65. The minimum atomic E-state index is -0.781. The third kappa shape index (κ3) is 3.76. The second kappa shape index (κ2) is 7.13. The number of Topliss-reactive ketones (excluding diaryl/α,β-unsaturated/α-hetero) is 1. The fourth-order valence-electron chi connectivity index (χ4n) is 2.35. The van der Waals surface area contributed by atoms with E-state index in [1.165, 1.54) is 30.3 Å². The number of hydrogen-bond donors (Lipinski definition) is 1. The quantitative estimate of drug-likeness (QED) is 0.521. The molecule has 25 heavy (non-hydrogen) atoms. The van der Waals surface area contributed by atoms with Crippen LogP contribution >= 0.6 is 23.2 Å². The summed E-state index contributed by atoms with van der Waals surface area (Å²) >= 11 is 11.7. The predicted octanol–water partition coefficient (Wildman–Crippen LogP) is 4.89. The fraction of sp³-hybridized carbons (Fsp3) is 0.0526. The lowest BCUT2D eigenvalue weighted by Gasteiger charge is -2.08. The van der Waals surface area contributed by atoms with Crippen LogP contribution in [0.3, 0.4) is 0 Å².